The van der Waals surface area contributed by atoms with Crippen molar-refractivity contribution in [2.75, 3.05) is 13.6 Å². The zero-order valence-corrected chi connectivity index (χ0v) is 11.0. The Kier molecular flexibility index (Phi) is 4.12. The molecule has 1 aromatic carbocycles. The van der Waals surface area contributed by atoms with E-state index < -0.39 is 0 Å². The summed E-state index contributed by atoms with van der Waals surface area (Å²) in [4.78, 5) is 17.4. The topological polar surface area (TPSA) is 71.3 Å². The molecule has 19 heavy (non-hydrogen) atoms. The lowest BCUT2D eigenvalue weighted by Gasteiger charge is -2.17. The Morgan fingerprint density at radius 2 is 2.11 bits per heavy atom. The second-order valence-electron chi connectivity index (χ2n) is 3.95. The molecule has 100 valence electrons. The van der Waals surface area contributed by atoms with Crippen molar-refractivity contribution < 1.29 is 9.32 Å². The molecule has 6 nitrogen and oxygen atoms in total. The fourth-order valence-corrected chi connectivity index (χ4v) is 1.67. The highest BCUT2D eigenvalue weighted by Crippen LogP contribution is 2.15. The van der Waals surface area contributed by atoms with Gasteiger partial charge in [0.05, 0.1) is 0 Å². The van der Waals surface area contributed by atoms with Gasteiger partial charge in [-0.3, -0.25) is 0 Å². The van der Waals surface area contributed by atoms with Crippen LogP contribution in [-0.2, 0) is 6.54 Å². The summed E-state index contributed by atoms with van der Waals surface area (Å²) < 4.78 is 5.16. The van der Waals surface area contributed by atoms with E-state index in [2.05, 4.69) is 15.5 Å². The fourth-order valence-electron chi connectivity index (χ4n) is 1.67. The highest BCUT2D eigenvalue weighted by atomic mass is 16.5. The van der Waals surface area contributed by atoms with Crippen molar-refractivity contribution in [3.05, 3.63) is 36.2 Å². The van der Waals surface area contributed by atoms with E-state index in [-0.39, 0.29) is 6.03 Å². The fraction of sp³-hybridized carbons (Fsp3) is 0.308. The van der Waals surface area contributed by atoms with Gasteiger partial charge in [0, 0.05) is 19.2 Å². The first-order chi connectivity index (χ1) is 9.24. The molecule has 0 spiro atoms. The molecule has 2 rings (SSSR count). The van der Waals surface area contributed by atoms with Gasteiger partial charge in [-0.15, -0.1) is 0 Å². The number of carbonyl (C=O) groups is 1. The van der Waals surface area contributed by atoms with Crippen molar-refractivity contribution in [3.63, 3.8) is 0 Å². The molecule has 2 aromatic rings. The van der Waals surface area contributed by atoms with Crippen LogP contribution in [0.5, 0.6) is 0 Å². The Balaban J connectivity index is 2.11. The van der Waals surface area contributed by atoms with Crippen LogP contribution < -0.4 is 5.32 Å². The van der Waals surface area contributed by atoms with Crippen LogP contribution in [0.25, 0.3) is 11.4 Å². The van der Waals surface area contributed by atoms with Crippen molar-refractivity contribution in [2.45, 2.75) is 13.5 Å². The molecule has 0 unspecified atom stereocenters. The molecule has 2 amide bonds. The summed E-state index contributed by atoms with van der Waals surface area (Å²) in [5, 5.41) is 6.49. The van der Waals surface area contributed by atoms with Gasteiger partial charge in [-0.25, -0.2) is 4.79 Å². The molecule has 0 radical (unpaired) electrons. The first-order valence-corrected chi connectivity index (χ1v) is 6.09. The lowest BCUT2D eigenvalue weighted by atomic mass is 10.2. The summed E-state index contributed by atoms with van der Waals surface area (Å²) in [6.07, 6.45) is 0. The molecule has 0 aliphatic carbocycles. The second kappa shape index (κ2) is 5.99. The summed E-state index contributed by atoms with van der Waals surface area (Å²) >= 11 is 0. The van der Waals surface area contributed by atoms with Gasteiger partial charge in [0.2, 0.25) is 11.7 Å². The van der Waals surface area contributed by atoms with Crippen molar-refractivity contribution >= 4 is 6.03 Å². The van der Waals surface area contributed by atoms with E-state index in [0.717, 1.165) is 5.56 Å². The normalized spacial score (nSPS) is 10.2. The average Bonchev–Trinajstić information content (AvgIpc) is 2.93. The smallest absolute Gasteiger partial charge is 0.317 e. The van der Waals surface area contributed by atoms with E-state index in [4.69, 9.17) is 4.52 Å². The Labute approximate surface area is 111 Å². The van der Waals surface area contributed by atoms with Crippen molar-refractivity contribution in [1.29, 1.82) is 0 Å². The minimum Gasteiger partial charge on any atom is -0.341 e. The Morgan fingerprint density at radius 3 is 2.74 bits per heavy atom. The average molecular weight is 260 g/mol. The number of nitrogens with zero attached hydrogens (tertiary/aromatic N) is 3. The monoisotopic (exact) mass is 260 g/mol. The molecular formula is C13H16N4O2. The SMILES string of the molecule is CCN(Cc1nc(-c2ccccc2)no1)C(=O)NC. The Hall–Kier alpha value is -2.37. The van der Waals surface area contributed by atoms with E-state index in [1.165, 1.54) is 0 Å². The molecule has 0 aliphatic rings. The van der Waals surface area contributed by atoms with E-state index in [0.29, 0.717) is 24.8 Å². The molecule has 0 bridgehead atoms. The maximum Gasteiger partial charge on any atom is 0.317 e. The van der Waals surface area contributed by atoms with Crippen LogP contribution in [-0.4, -0.2) is 34.7 Å². The molecule has 1 aromatic heterocycles. The van der Waals surface area contributed by atoms with E-state index >= 15 is 0 Å². The van der Waals surface area contributed by atoms with Crippen LogP contribution in [0.2, 0.25) is 0 Å². The number of hydrogen-bond donors (Lipinski definition) is 1. The number of rotatable bonds is 4. The number of benzene rings is 1. The molecular weight excluding hydrogens is 244 g/mol. The van der Waals surface area contributed by atoms with Gasteiger partial charge in [0.15, 0.2) is 0 Å². The van der Waals surface area contributed by atoms with Gasteiger partial charge in [-0.1, -0.05) is 35.5 Å². The number of amides is 2. The number of aromatic nitrogens is 2. The van der Waals surface area contributed by atoms with Gasteiger partial charge >= 0.3 is 6.03 Å². The number of nitrogens with one attached hydrogen (secondary N) is 1. The zero-order chi connectivity index (χ0) is 13.7. The third kappa shape index (κ3) is 3.09. The summed E-state index contributed by atoms with van der Waals surface area (Å²) in [6, 6.07) is 9.40. The summed E-state index contributed by atoms with van der Waals surface area (Å²) in [5.41, 5.74) is 0.889. The molecule has 0 atom stereocenters. The lowest BCUT2D eigenvalue weighted by Crippen LogP contribution is -2.37. The van der Waals surface area contributed by atoms with Gasteiger partial charge in [-0.05, 0) is 6.92 Å². The summed E-state index contributed by atoms with van der Waals surface area (Å²) in [5.74, 6) is 0.952. The van der Waals surface area contributed by atoms with Gasteiger partial charge in [-0.2, -0.15) is 4.98 Å². The van der Waals surface area contributed by atoms with Crippen molar-refractivity contribution in [3.8, 4) is 11.4 Å². The highest BCUT2D eigenvalue weighted by Gasteiger charge is 2.15. The molecule has 6 heteroatoms. The molecule has 0 aliphatic heterocycles. The molecule has 0 saturated heterocycles. The third-order valence-corrected chi connectivity index (χ3v) is 2.71. The van der Waals surface area contributed by atoms with Gasteiger partial charge in [0.1, 0.15) is 6.54 Å². The Morgan fingerprint density at radius 1 is 1.37 bits per heavy atom. The molecule has 1 N–H and O–H groups in total. The van der Waals surface area contributed by atoms with Crippen LogP contribution in [0.1, 0.15) is 12.8 Å². The van der Waals surface area contributed by atoms with Crippen LogP contribution in [0, 0.1) is 0 Å². The Bertz CT molecular complexity index is 539. The predicted octanol–water partition coefficient (Wildman–Crippen LogP) is 1.90. The van der Waals surface area contributed by atoms with Gasteiger partial charge in [0.25, 0.3) is 0 Å². The zero-order valence-electron chi connectivity index (χ0n) is 11.0. The van der Waals surface area contributed by atoms with E-state index in [1.54, 1.807) is 11.9 Å². The number of urea groups is 1. The van der Waals surface area contributed by atoms with E-state index in [9.17, 15) is 4.79 Å². The van der Waals surface area contributed by atoms with Crippen molar-refractivity contribution in [2.24, 2.45) is 0 Å². The second-order valence-corrected chi connectivity index (χ2v) is 3.95. The molecule has 0 fully saturated rings. The first kappa shape index (κ1) is 13.1. The minimum atomic E-state index is -0.165. The largest absolute Gasteiger partial charge is 0.341 e. The van der Waals surface area contributed by atoms with Crippen LogP contribution in [0.4, 0.5) is 4.79 Å². The minimum absolute atomic E-state index is 0.165. The molecule has 0 saturated carbocycles. The third-order valence-electron chi connectivity index (χ3n) is 2.71. The highest BCUT2D eigenvalue weighted by molar-refractivity contribution is 5.73. The first-order valence-electron chi connectivity index (χ1n) is 6.09. The quantitative estimate of drug-likeness (QED) is 0.911. The maximum absolute atomic E-state index is 11.5. The summed E-state index contributed by atoms with van der Waals surface area (Å²) in [7, 11) is 1.59. The number of carbonyl (C=O) groups excluding carboxylic acids is 1. The lowest BCUT2D eigenvalue weighted by molar-refractivity contribution is 0.192. The summed E-state index contributed by atoms with van der Waals surface area (Å²) in [6.45, 7) is 2.77. The molecule has 1 heterocycles. The standard InChI is InChI=1S/C13H16N4O2/c1-3-17(13(18)14-2)9-11-15-12(16-19-11)10-7-5-4-6-8-10/h4-8H,3,9H2,1-2H3,(H,14,18). The number of hydrogen-bond acceptors (Lipinski definition) is 4. The maximum atomic E-state index is 11.5. The van der Waals surface area contributed by atoms with Crippen LogP contribution in [0.3, 0.4) is 0 Å². The predicted molar refractivity (Wildman–Crippen MR) is 70.3 cm³/mol. The van der Waals surface area contributed by atoms with Gasteiger partial charge < -0.3 is 14.7 Å². The van der Waals surface area contributed by atoms with Crippen molar-refractivity contribution in [1.82, 2.24) is 20.4 Å². The van der Waals surface area contributed by atoms with Crippen LogP contribution >= 0.6 is 0 Å². The van der Waals surface area contributed by atoms with Crippen LogP contribution in [0.15, 0.2) is 34.9 Å². The van der Waals surface area contributed by atoms with E-state index in [1.807, 2.05) is 37.3 Å².